The van der Waals surface area contributed by atoms with E-state index < -0.39 is 0 Å². The van der Waals surface area contributed by atoms with Crippen molar-refractivity contribution < 1.29 is 9.90 Å². The van der Waals surface area contributed by atoms with Gasteiger partial charge in [0.25, 0.3) is 0 Å². The zero-order valence-corrected chi connectivity index (χ0v) is 20.8. The average Bonchev–Trinajstić information content (AvgIpc) is 3.25. The molecular formula is C30H32N2O2. The third kappa shape index (κ3) is 2.91. The summed E-state index contributed by atoms with van der Waals surface area (Å²) in [4.78, 5) is 18.6. The predicted molar refractivity (Wildman–Crippen MR) is 139 cm³/mol. The molecule has 4 nitrogen and oxygen atoms in total. The van der Waals surface area contributed by atoms with Crippen molar-refractivity contribution in [2.45, 2.75) is 65.2 Å². The topological polar surface area (TPSA) is 61.7 Å². The molecule has 3 aliphatic rings. The number of hydrogen-bond donors (Lipinski definition) is 2. The van der Waals surface area contributed by atoms with Gasteiger partial charge in [-0.15, -0.1) is 0 Å². The summed E-state index contributed by atoms with van der Waals surface area (Å²) < 4.78 is 0. The van der Waals surface area contributed by atoms with Crippen molar-refractivity contribution in [3.8, 4) is 0 Å². The van der Waals surface area contributed by atoms with Gasteiger partial charge in [-0.2, -0.15) is 0 Å². The van der Waals surface area contributed by atoms with E-state index in [1.54, 1.807) is 0 Å². The fourth-order valence-electron chi connectivity index (χ4n) is 5.85. The number of nitrogens with one attached hydrogen (secondary N) is 1. The summed E-state index contributed by atoms with van der Waals surface area (Å²) in [5.41, 5.74) is 8.23. The molecule has 0 aromatic heterocycles. The van der Waals surface area contributed by atoms with Crippen LogP contribution in [0.15, 0.2) is 87.3 Å². The van der Waals surface area contributed by atoms with E-state index in [9.17, 15) is 9.90 Å². The quantitative estimate of drug-likeness (QED) is 0.482. The van der Waals surface area contributed by atoms with E-state index in [1.165, 1.54) is 5.56 Å². The molecule has 0 fully saturated rings. The number of carbonyl (C=O) groups is 1. The highest BCUT2D eigenvalue weighted by molar-refractivity contribution is 6.27. The number of carbonyl (C=O) groups excluding carboxylic acids is 1. The highest BCUT2D eigenvalue weighted by Gasteiger charge is 2.45. The molecule has 0 saturated carbocycles. The Morgan fingerprint density at radius 1 is 0.882 bits per heavy atom. The molecule has 0 amide bonds. The summed E-state index contributed by atoms with van der Waals surface area (Å²) in [5, 5.41) is 14.9. The lowest BCUT2D eigenvalue weighted by Crippen LogP contribution is -2.33. The molecule has 0 atom stereocenters. The molecular weight excluding hydrogens is 420 g/mol. The Morgan fingerprint density at radius 3 is 2.09 bits per heavy atom. The lowest BCUT2D eigenvalue weighted by Gasteiger charge is -2.32. The van der Waals surface area contributed by atoms with Gasteiger partial charge in [0.2, 0.25) is 5.78 Å². The zero-order valence-electron chi connectivity index (χ0n) is 20.8. The first-order valence-electron chi connectivity index (χ1n) is 12.2. The molecule has 2 aromatic carbocycles. The average molecular weight is 453 g/mol. The van der Waals surface area contributed by atoms with Crippen molar-refractivity contribution >= 4 is 22.9 Å². The second kappa shape index (κ2) is 7.56. The molecule has 5 rings (SSSR count). The number of hydrogen-bond acceptors (Lipinski definition) is 4. The molecule has 0 unspecified atom stereocenters. The van der Waals surface area contributed by atoms with Gasteiger partial charge >= 0.3 is 0 Å². The number of para-hydroxylation sites is 2. The number of anilines is 1. The van der Waals surface area contributed by atoms with E-state index in [0.717, 1.165) is 39.5 Å². The van der Waals surface area contributed by atoms with E-state index in [2.05, 4.69) is 51.2 Å². The summed E-state index contributed by atoms with van der Waals surface area (Å²) in [6.07, 6.45) is 1.28. The van der Waals surface area contributed by atoms with Gasteiger partial charge in [0.05, 0.1) is 22.5 Å². The monoisotopic (exact) mass is 452 g/mol. The van der Waals surface area contributed by atoms with Crippen LogP contribution in [-0.2, 0) is 15.6 Å². The van der Waals surface area contributed by atoms with Crippen molar-refractivity contribution in [3.63, 3.8) is 0 Å². The second-order valence-electron chi connectivity index (χ2n) is 10.4. The number of aliphatic hydroxyl groups excluding tert-OH is 1. The normalized spacial score (nSPS) is 22.5. The van der Waals surface area contributed by atoms with Crippen molar-refractivity contribution in [1.82, 2.24) is 0 Å². The number of aliphatic imine (C=N–C) groups is 1. The number of ketones is 1. The molecule has 0 radical (unpaired) electrons. The van der Waals surface area contributed by atoms with Crippen LogP contribution in [0, 0.1) is 0 Å². The lowest BCUT2D eigenvalue weighted by molar-refractivity contribution is -0.113. The minimum atomic E-state index is -0.325. The Morgan fingerprint density at radius 2 is 1.50 bits per heavy atom. The van der Waals surface area contributed by atoms with Gasteiger partial charge in [0, 0.05) is 22.2 Å². The van der Waals surface area contributed by atoms with Gasteiger partial charge in [-0.25, -0.2) is 0 Å². The SMILES string of the molecule is CC/C(C1=Nc2ccccc2C1(C)C)=C1/C(=O)C(C(/CC)=C2/Nc3ccccc3C2(C)C)=C1O. The highest BCUT2D eigenvalue weighted by Crippen LogP contribution is 2.50. The molecule has 34 heavy (non-hydrogen) atoms. The molecule has 2 N–H and O–H groups in total. The number of benzene rings is 2. The minimum absolute atomic E-state index is 0.0817. The molecule has 0 saturated heterocycles. The maximum atomic E-state index is 13.7. The summed E-state index contributed by atoms with van der Waals surface area (Å²) in [5.74, 6) is 0.0240. The molecule has 4 heteroatoms. The zero-order chi connectivity index (χ0) is 24.4. The maximum Gasteiger partial charge on any atom is 0.201 e. The van der Waals surface area contributed by atoms with Crippen LogP contribution >= 0.6 is 0 Å². The van der Waals surface area contributed by atoms with Gasteiger partial charge in [-0.05, 0) is 47.2 Å². The van der Waals surface area contributed by atoms with Gasteiger partial charge in [0.1, 0.15) is 5.76 Å². The standard InChI is InChI=1S/C30H32N2O2/c1-7-17(27-29(3,4)19-13-9-11-15-21(19)31-27)23-25(33)24(26(23)34)18(8-2)28-30(5,6)20-14-10-12-16-22(20)32-28/h9-16,31,33H,7-8H2,1-6H3/b24-18-,27-17+. The van der Waals surface area contributed by atoms with Crippen LogP contribution in [0.4, 0.5) is 11.4 Å². The molecule has 0 bridgehead atoms. The first kappa shape index (κ1) is 22.4. The van der Waals surface area contributed by atoms with Crippen molar-refractivity contribution in [3.05, 3.63) is 93.4 Å². The van der Waals surface area contributed by atoms with Crippen LogP contribution < -0.4 is 5.32 Å². The smallest absolute Gasteiger partial charge is 0.201 e. The molecule has 2 heterocycles. The van der Waals surface area contributed by atoms with Crippen LogP contribution in [0.2, 0.25) is 0 Å². The molecule has 2 aliphatic heterocycles. The van der Waals surface area contributed by atoms with Crippen LogP contribution in [0.1, 0.15) is 65.5 Å². The number of aliphatic hydroxyl groups is 1. The van der Waals surface area contributed by atoms with Crippen LogP contribution in [-0.4, -0.2) is 16.6 Å². The Kier molecular flexibility index (Phi) is 4.98. The Bertz CT molecular complexity index is 1370. The summed E-state index contributed by atoms with van der Waals surface area (Å²) in [6, 6.07) is 16.4. The Hall–Kier alpha value is -3.40. The molecule has 2 aromatic rings. The minimum Gasteiger partial charge on any atom is -0.506 e. The maximum absolute atomic E-state index is 13.7. The predicted octanol–water partition coefficient (Wildman–Crippen LogP) is 7.22. The first-order valence-corrected chi connectivity index (χ1v) is 12.2. The molecule has 1 aliphatic carbocycles. The van der Waals surface area contributed by atoms with Gasteiger partial charge in [-0.1, -0.05) is 77.9 Å². The number of fused-ring (bicyclic) bond motifs is 2. The van der Waals surface area contributed by atoms with E-state index in [1.807, 2.05) is 44.2 Å². The van der Waals surface area contributed by atoms with Gasteiger partial charge in [0.15, 0.2) is 0 Å². The fraction of sp³-hybridized carbons (Fsp3) is 0.333. The van der Waals surface area contributed by atoms with Crippen LogP contribution in [0.3, 0.4) is 0 Å². The van der Waals surface area contributed by atoms with Gasteiger partial charge in [-0.3, -0.25) is 9.79 Å². The van der Waals surface area contributed by atoms with Crippen molar-refractivity contribution in [2.75, 3.05) is 5.32 Å². The summed E-state index contributed by atoms with van der Waals surface area (Å²) in [7, 11) is 0. The van der Waals surface area contributed by atoms with Crippen LogP contribution in [0.25, 0.3) is 0 Å². The Labute approximate surface area is 201 Å². The third-order valence-electron chi connectivity index (χ3n) is 7.71. The van der Waals surface area contributed by atoms with E-state index in [0.29, 0.717) is 24.0 Å². The number of nitrogens with zero attached hydrogens (tertiary/aromatic N) is 1. The first-order chi connectivity index (χ1) is 16.1. The second-order valence-corrected chi connectivity index (χ2v) is 10.4. The third-order valence-corrected chi connectivity index (χ3v) is 7.71. The number of rotatable bonds is 4. The van der Waals surface area contributed by atoms with Crippen LogP contribution in [0.5, 0.6) is 0 Å². The number of Topliss-reactive ketones (excluding diaryl/α,β-unsaturated/α-hetero) is 1. The summed E-state index contributed by atoms with van der Waals surface area (Å²) >= 11 is 0. The Balaban J connectivity index is 1.64. The van der Waals surface area contributed by atoms with Crippen molar-refractivity contribution in [2.24, 2.45) is 4.99 Å². The molecule has 0 spiro atoms. The lowest BCUT2D eigenvalue weighted by atomic mass is 9.71. The summed E-state index contributed by atoms with van der Waals surface area (Å²) in [6.45, 7) is 12.7. The van der Waals surface area contributed by atoms with Gasteiger partial charge < -0.3 is 10.4 Å². The fourth-order valence-corrected chi connectivity index (χ4v) is 5.85. The van der Waals surface area contributed by atoms with Crippen molar-refractivity contribution in [1.29, 1.82) is 0 Å². The highest BCUT2D eigenvalue weighted by atomic mass is 16.3. The van der Waals surface area contributed by atoms with E-state index >= 15 is 0 Å². The molecule has 174 valence electrons. The van der Waals surface area contributed by atoms with E-state index in [4.69, 9.17) is 4.99 Å². The number of allylic oxidation sites excluding steroid dienone is 5. The van der Waals surface area contributed by atoms with E-state index in [-0.39, 0.29) is 22.4 Å². The largest absolute Gasteiger partial charge is 0.506 e.